The second-order valence-electron chi connectivity index (χ2n) is 5.29. The van der Waals surface area contributed by atoms with Crippen LogP contribution in [-0.2, 0) is 9.27 Å². The predicted octanol–water partition coefficient (Wildman–Crippen LogP) is 4.45. The molecule has 0 spiro atoms. The van der Waals surface area contributed by atoms with Gasteiger partial charge in [-0.15, -0.1) is 0 Å². The minimum Gasteiger partial charge on any atom is -0.733 e. The highest BCUT2D eigenvalue weighted by atomic mass is 127. The second-order valence-corrected chi connectivity index (χ2v) is 6.05. The predicted molar refractivity (Wildman–Crippen MR) is 107 cm³/mol. The summed E-state index contributed by atoms with van der Waals surface area (Å²) in [5.41, 5.74) is 3.17. The average Bonchev–Trinajstić information content (AvgIpc) is 3.00. The van der Waals surface area contributed by atoms with Crippen molar-refractivity contribution in [1.29, 1.82) is 0 Å². The Labute approximate surface area is 159 Å². The molecule has 1 heterocycles. The molecule has 0 amide bonds. The lowest BCUT2D eigenvalue weighted by Crippen LogP contribution is -2.14. The summed E-state index contributed by atoms with van der Waals surface area (Å²) in [6, 6.07) is 13.3. The van der Waals surface area contributed by atoms with Gasteiger partial charge in [-0.1, -0.05) is 22.6 Å². The lowest BCUT2D eigenvalue weighted by Gasteiger charge is -2.27. The molecule has 0 aliphatic carbocycles. The van der Waals surface area contributed by atoms with Crippen molar-refractivity contribution in [3.05, 3.63) is 53.4 Å². The third-order valence-electron chi connectivity index (χ3n) is 4.05. The molecular weight excluding hydrogens is 435 g/mol. The van der Waals surface area contributed by atoms with E-state index in [1.807, 2.05) is 47.0 Å². The smallest absolute Gasteiger partial charge is 0.120 e. The van der Waals surface area contributed by atoms with E-state index < -0.39 is 0 Å². The van der Waals surface area contributed by atoms with Crippen molar-refractivity contribution in [3.63, 3.8) is 0 Å². The van der Waals surface area contributed by atoms with E-state index in [-0.39, 0.29) is 0 Å². The highest BCUT2D eigenvalue weighted by Gasteiger charge is 2.19. The minimum absolute atomic E-state index is 0.505. The van der Waals surface area contributed by atoms with Gasteiger partial charge in [0.15, 0.2) is 0 Å². The van der Waals surface area contributed by atoms with Crippen LogP contribution in [0.1, 0.15) is 5.69 Å². The summed E-state index contributed by atoms with van der Waals surface area (Å²) in [5, 5.41) is 13.7. The minimum atomic E-state index is 0.505. The van der Waals surface area contributed by atoms with Gasteiger partial charge in [0.05, 0.1) is 38.2 Å². The molecule has 3 rings (SSSR count). The van der Waals surface area contributed by atoms with Crippen molar-refractivity contribution >= 4 is 39.2 Å². The zero-order chi connectivity index (χ0) is 18.0. The summed E-state index contributed by atoms with van der Waals surface area (Å²) in [6.07, 6.45) is 0. The monoisotopic (exact) mass is 453 g/mol. The van der Waals surface area contributed by atoms with E-state index in [0.29, 0.717) is 15.3 Å². The lowest BCUT2D eigenvalue weighted by atomic mass is 10.2. The Hall–Kier alpha value is -1.97. The molecule has 0 atom stereocenters. The number of benzene rings is 2. The van der Waals surface area contributed by atoms with Crippen molar-refractivity contribution < 1.29 is 14.3 Å². The Morgan fingerprint density at radius 3 is 2.20 bits per heavy atom. The number of rotatable bonds is 6. The molecule has 0 aliphatic heterocycles. The number of alkyl halides is 1. The van der Waals surface area contributed by atoms with Gasteiger partial charge in [-0.25, -0.2) is 0 Å². The summed E-state index contributed by atoms with van der Waals surface area (Å²) in [5.74, 6) is 1.50. The summed E-state index contributed by atoms with van der Waals surface area (Å²) >= 11 is 2.25. The molecule has 2 aromatic carbocycles. The zero-order valence-electron chi connectivity index (χ0n) is 14.2. The Balaban J connectivity index is 2.33. The maximum atomic E-state index is 12.3. The van der Waals surface area contributed by atoms with Gasteiger partial charge in [-0.3, -0.25) is 4.84 Å². The standard InChI is InChI=1S/C18H18IN2O4/c1-23-13-6-4-12(5-7-13)20-16-10-14(24-2)8-9-15(16)18(17(20)11-19)21(22)25-3/h4-10H,11H2,1-3H3/q-1. The second kappa shape index (κ2) is 7.51. The molecule has 6 nitrogen and oxygen atoms in total. The third kappa shape index (κ3) is 3.14. The Kier molecular flexibility index (Phi) is 5.36. The quantitative estimate of drug-likeness (QED) is 0.314. The van der Waals surface area contributed by atoms with Gasteiger partial charge in [0.2, 0.25) is 0 Å². The highest BCUT2D eigenvalue weighted by molar-refractivity contribution is 14.1. The fraction of sp³-hybridized carbons (Fsp3) is 0.222. The Bertz CT molecular complexity index is 877. The molecule has 132 valence electrons. The first kappa shape index (κ1) is 17.8. The van der Waals surface area contributed by atoms with E-state index >= 15 is 0 Å². The lowest BCUT2D eigenvalue weighted by molar-refractivity contribution is 0.198. The van der Waals surface area contributed by atoms with E-state index in [0.717, 1.165) is 33.8 Å². The van der Waals surface area contributed by atoms with Crippen LogP contribution in [0, 0.1) is 5.21 Å². The zero-order valence-corrected chi connectivity index (χ0v) is 16.3. The SMILES string of the molecule is COc1ccc(-n2c(CI)c(N([O-])OC)c3ccc(OC)cc32)cc1. The fourth-order valence-electron chi connectivity index (χ4n) is 2.87. The average molecular weight is 453 g/mol. The van der Waals surface area contributed by atoms with Crippen molar-refractivity contribution in [2.75, 3.05) is 26.6 Å². The topological polar surface area (TPSA) is 58.9 Å². The molecule has 0 N–H and O–H groups in total. The van der Waals surface area contributed by atoms with Crippen molar-refractivity contribution in [2.24, 2.45) is 0 Å². The van der Waals surface area contributed by atoms with Gasteiger partial charge in [-0.2, -0.15) is 0 Å². The Morgan fingerprint density at radius 1 is 1.00 bits per heavy atom. The van der Waals surface area contributed by atoms with Crippen molar-refractivity contribution in [2.45, 2.75) is 4.43 Å². The number of anilines is 1. The molecule has 0 bridgehead atoms. The van der Waals surface area contributed by atoms with Crippen LogP contribution >= 0.6 is 22.6 Å². The van der Waals surface area contributed by atoms with Gasteiger partial charge in [0.25, 0.3) is 0 Å². The number of fused-ring (bicyclic) bond motifs is 1. The van der Waals surface area contributed by atoms with E-state index in [2.05, 4.69) is 22.6 Å². The normalized spacial score (nSPS) is 10.9. The van der Waals surface area contributed by atoms with Crippen LogP contribution < -0.4 is 14.7 Å². The van der Waals surface area contributed by atoms with Crippen LogP contribution in [0.15, 0.2) is 42.5 Å². The number of aromatic nitrogens is 1. The molecule has 0 unspecified atom stereocenters. The van der Waals surface area contributed by atoms with Gasteiger partial charge in [-0.05, 0) is 36.4 Å². The number of nitrogens with zero attached hydrogens (tertiary/aromatic N) is 2. The maximum Gasteiger partial charge on any atom is 0.120 e. The van der Waals surface area contributed by atoms with Crippen LogP contribution in [0.4, 0.5) is 5.69 Å². The summed E-state index contributed by atoms with van der Waals surface area (Å²) in [7, 11) is 4.62. The molecule has 0 fully saturated rings. The van der Waals surface area contributed by atoms with E-state index in [4.69, 9.17) is 14.3 Å². The van der Waals surface area contributed by atoms with Crippen LogP contribution in [0.2, 0.25) is 0 Å². The summed E-state index contributed by atoms with van der Waals surface area (Å²) in [6.45, 7) is 0. The molecule has 0 saturated carbocycles. The highest BCUT2D eigenvalue weighted by Crippen LogP contribution is 2.39. The number of halogens is 1. The summed E-state index contributed by atoms with van der Waals surface area (Å²) in [4.78, 5) is 4.94. The number of ether oxygens (including phenoxy) is 2. The molecule has 7 heteroatoms. The van der Waals surface area contributed by atoms with Gasteiger partial charge < -0.3 is 24.5 Å². The van der Waals surface area contributed by atoms with E-state index in [1.54, 1.807) is 14.2 Å². The van der Waals surface area contributed by atoms with Crippen LogP contribution in [0.5, 0.6) is 11.5 Å². The molecular formula is C18H18IN2O4-. The third-order valence-corrected chi connectivity index (χ3v) is 4.77. The van der Waals surface area contributed by atoms with Gasteiger partial charge in [0, 0.05) is 21.6 Å². The number of hydrogen-bond donors (Lipinski definition) is 0. The Morgan fingerprint density at radius 2 is 1.64 bits per heavy atom. The first-order valence-corrected chi connectivity index (χ1v) is 9.10. The van der Waals surface area contributed by atoms with Crippen molar-refractivity contribution in [1.82, 2.24) is 4.57 Å². The molecule has 1 aromatic heterocycles. The van der Waals surface area contributed by atoms with Crippen molar-refractivity contribution in [3.8, 4) is 17.2 Å². The fourth-order valence-corrected chi connectivity index (χ4v) is 3.58. The van der Waals surface area contributed by atoms with E-state index in [9.17, 15) is 5.21 Å². The number of methoxy groups -OCH3 is 2. The molecule has 0 aliphatic rings. The maximum absolute atomic E-state index is 12.3. The van der Waals surface area contributed by atoms with Crippen LogP contribution in [-0.4, -0.2) is 25.9 Å². The summed E-state index contributed by atoms with van der Waals surface area (Å²) < 4.78 is 13.3. The van der Waals surface area contributed by atoms with E-state index in [1.165, 1.54) is 7.11 Å². The first-order valence-electron chi connectivity index (χ1n) is 7.57. The molecule has 0 radical (unpaired) electrons. The van der Waals surface area contributed by atoms with Gasteiger partial charge >= 0.3 is 0 Å². The largest absolute Gasteiger partial charge is 0.733 e. The molecule has 3 aromatic rings. The molecule has 0 saturated heterocycles. The molecule has 25 heavy (non-hydrogen) atoms. The first-order chi connectivity index (χ1) is 12.1. The van der Waals surface area contributed by atoms with Gasteiger partial charge in [0.1, 0.15) is 11.5 Å². The number of hydrogen-bond acceptors (Lipinski definition) is 5. The van der Waals surface area contributed by atoms with Crippen LogP contribution in [0.25, 0.3) is 16.6 Å². The van der Waals surface area contributed by atoms with Crippen LogP contribution in [0.3, 0.4) is 0 Å².